The van der Waals surface area contributed by atoms with Gasteiger partial charge in [-0.25, -0.2) is 4.39 Å². The predicted octanol–water partition coefficient (Wildman–Crippen LogP) is 5.06. The van der Waals surface area contributed by atoms with Gasteiger partial charge in [-0.1, -0.05) is 37.9 Å². The van der Waals surface area contributed by atoms with Crippen molar-refractivity contribution in [2.45, 2.75) is 13.0 Å². The highest BCUT2D eigenvalue weighted by molar-refractivity contribution is 9.10. The average Bonchev–Trinajstić information content (AvgIpc) is 2.45. The van der Waals surface area contributed by atoms with Gasteiger partial charge in [-0.2, -0.15) is 0 Å². The van der Waals surface area contributed by atoms with E-state index in [0.29, 0.717) is 12.2 Å². The summed E-state index contributed by atoms with van der Waals surface area (Å²) < 4.78 is 21.6. The topological polar surface area (TPSA) is 21.3 Å². The molecule has 0 spiro atoms. The number of hydrogen-bond acceptors (Lipinski definition) is 2. The third-order valence-corrected chi connectivity index (χ3v) is 4.34. The molecule has 2 aromatic rings. The lowest BCUT2D eigenvalue weighted by Crippen LogP contribution is -2.20. The fourth-order valence-corrected chi connectivity index (χ4v) is 3.22. The van der Waals surface area contributed by atoms with Crippen LogP contribution in [0.2, 0.25) is 0 Å². The standard InChI is InChI=1S/C16H16Br2FNO/c1-3-21-14-8-7-10(17)9-11(14)16(20-2)15-12(18)5-4-6-13(15)19/h4-9,16,20H,3H2,1-2H3. The van der Waals surface area contributed by atoms with Crippen molar-refractivity contribution in [1.29, 1.82) is 0 Å². The maximum Gasteiger partial charge on any atom is 0.129 e. The molecule has 0 radical (unpaired) electrons. The Kier molecular flexibility index (Phi) is 5.79. The van der Waals surface area contributed by atoms with Crippen LogP contribution in [0, 0.1) is 5.82 Å². The molecule has 0 aromatic heterocycles. The molecule has 5 heteroatoms. The number of rotatable bonds is 5. The lowest BCUT2D eigenvalue weighted by Gasteiger charge is -2.22. The molecule has 2 rings (SSSR count). The van der Waals surface area contributed by atoms with Gasteiger partial charge in [0.2, 0.25) is 0 Å². The van der Waals surface area contributed by atoms with Gasteiger partial charge < -0.3 is 10.1 Å². The van der Waals surface area contributed by atoms with Gasteiger partial charge in [0.15, 0.2) is 0 Å². The molecule has 0 heterocycles. The molecule has 0 saturated carbocycles. The van der Waals surface area contributed by atoms with E-state index in [0.717, 1.165) is 20.3 Å². The molecular weight excluding hydrogens is 401 g/mol. The van der Waals surface area contributed by atoms with Crippen LogP contribution in [-0.2, 0) is 0 Å². The van der Waals surface area contributed by atoms with E-state index in [1.807, 2.05) is 31.2 Å². The first-order valence-corrected chi connectivity index (χ1v) is 8.20. The zero-order valence-corrected chi connectivity index (χ0v) is 15.0. The molecule has 0 aliphatic rings. The van der Waals surface area contributed by atoms with Crippen molar-refractivity contribution in [2.75, 3.05) is 13.7 Å². The highest BCUT2D eigenvalue weighted by Gasteiger charge is 2.22. The number of halogens is 3. The molecule has 2 nitrogen and oxygen atoms in total. The molecule has 0 fully saturated rings. The fraction of sp³-hybridized carbons (Fsp3) is 0.250. The van der Waals surface area contributed by atoms with Crippen LogP contribution < -0.4 is 10.1 Å². The van der Waals surface area contributed by atoms with E-state index in [9.17, 15) is 4.39 Å². The van der Waals surface area contributed by atoms with E-state index >= 15 is 0 Å². The zero-order valence-electron chi connectivity index (χ0n) is 11.8. The Bertz CT molecular complexity index is 613. The minimum Gasteiger partial charge on any atom is -0.494 e. The molecule has 0 amide bonds. The van der Waals surface area contributed by atoms with Crippen LogP contribution in [0.1, 0.15) is 24.1 Å². The van der Waals surface area contributed by atoms with Gasteiger partial charge in [0.05, 0.1) is 12.6 Å². The normalized spacial score (nSPS) is 12.2. The number of hydrogen-bond donors (Lipinski definition) is 1. The summed E-state index contributed by atoms with van der Waals surface area (Å²) in [7, 11) is 1.81. The predicted molar refractivity (Wildman–Crippen MR) is 90.3 cm³/mol. The monoisotopic (exact) mass is 415 g/mol. The SMILES string of the molecule is CCOc1ccc(Br)cc1C(NC)c1c(F)cccc1Br. The van der Waals surface area contributed by atoms with Gasteiger partial charge in [-0.15, -0.1) is 0 Å². The van der Waals surface area contributed by atoms with Crippen LogP contribution in [0.5, 0.6) is 5.75 Å². The molecule has 0 bridgehead atoms. The quantitative estimate of drug-likeness (QED) is 0.735. The van der Waals surface area contributed by atoms with Crippen molar-refractivity contribution in [2.24, 2.45) is 0 Å². The Labute approximate surface area is 141 Å². The largest absolute Gasteiger partial charge is 0.494 e. The summed E-state index contributed by atoms with van der Waals surface area (Å²) in [6.45, 7) is 2.49. The van der Waals surface area contributed by atoms with Crippen LogP contribution in [-0.4, -0.2) is 13.7 Å². The highest BCUT2D eigenvalue weighted by Crippen LogP contribution is 2.36. The smallest absolute Gasteiger partial charge is 0.129 e. The summed E-state index contributed by atoms with van der Waals surface area (Å²) in [5, 5.41) is 3.17. The Balaban J connectivity index is 2.58. The third-order valence-electron chi connectivity index (χ3n) is 3.16. The molecule has 1 N–H and O–H groups in total. The second-order valence-corrected chi connectivity index (χ2v) is 6.24. The summed E-state index contributed by atoms with van der Waals surface area (Å²) in [4.78, 5) is 0. The van der Waals surface area contributed by atoms with Crippen LogP contribution in [0.4, 0.5) is 4.39 Å². The lowest BCUT2D eigenvalue weighted by atomic mass is 9.97. The Morgan fingerprint density at radius 3 is 2.62 bits per heavy atom. The summed E-state index contributed by atoms with van der Waals surface area (Å²) in [5.41, 5.74) is 1.46. The number of nitrogens with one attached hydrogen (secondary N) is 1. The van der Waals surface area contributed by atoms with E-state index in [-0.39, 0.29) is 11.9 Å². The van der Waals surface area contributed by atoms with Gasteiger partial charge in [0.1, 0.15) is 11.6 Å². The molecular formula is C16H16Br2FNO. The van der Waals surface area contributed by atoms with Crippen molar-refractivity contribution >= 4 is 31.9 Å². The van der Waals surface area contributed by atoms with E-state index in [4.69, 9.17) is 4.74 Å². The Morgan fingerprint density at radius 2 is 2.00 bits per heavy atom. The van der Waals surface area contributed by atoms with Crippen LogP contribution in [0.25, 0.3) is 0 Å². The van der Waals surface area contributed by atoms with E-state index in [2.05, 4.69) is 37.2 Å². The van der Waals surface area contributed by atoms with Crippen molar-refractivity contribution in [1.82, 2.24) is 5.32 Å². The molecule has 21 heavy (non-hydrogen) atoms. The first-order valence-electron chi connectivity index (χ1n) is 6.61. The molecule has 0 saturated heterocycles. The third kappa shape index (κ3) is 3.65. The van der Waals surface area contributed by atoms with Crippen LogP contribution >= 0.6 is 31.9 Å². The summed E-state index contributed by atoms with van der Waals surface area (Å²) in [6.07, 6.45) is 0. The van der Waals surface area contributed by atoms with Gasteiger partial charge in [-0.05, 0) is 44.3 Å². The maximum atomic E-state index is 14.3. The molecule has 112 valence electrons. The lowest BCUT2D eigenvalue weighted by molar-refractivity contribution is 0.333. The minimum absolute atomic E-state index is 0.258. The second-order valence-electron chi connectivity index (χ2n) is 4.47. The fourth-order valence-electron chi connectivity index (χ4n) is 2.27. The Morgan fingerprint density at radius 1 is 1.24 bits per heavy atom. The van der Waals surface area contributed by atoms with Gasteiger partial charge >= 0.3 is 0 Å². The van der Waals surface area contributed by atoms with E-state index < -0.39 is 0 Å². The zero-order chi connectivity index (χ0) is 15.4. The first kappa shape index (κ1) is 16.5. The first-order chi connectivity index (χ1) is 10.1. The van der Waals surface area contributed by atoms with Gasteiger partial charge in [0, 0.05) is 20.1 Å². The molecule has 1 atom stereocenters. The van der Waals surface area contributed by atoms with Gasteiger partial charge in [-0.3, -0.25) is 0 Å². The van der Waals surface area contributed by atoms with Crippen molar-refractivity contribution in [3.8, 4) is 5.75 Å². The molecule has 1 unspecified atom stereocenters. The summed E-state index contributed by atoms with van der Waals surface area (Å²) >= 11 is 6.90. The number of benzene rings is 2. The Hall–Kier alpha value is -0.910. The van der Waals surface area contributed by atoms with Crippen molar-refractivity contribution in [3.63, 3.8) is 0 Å². The van der Waals surface area contributed by atoms with Gasteiger partial charge in [0.25, 0.3) is 0 Å². The summed E-state index contributed by atoms with van der Waals surface area (Å²) in [5.74, 6) is 0.487. The van der Waals surface area contributed by atoms with Crippen molar-refractivity contribution in [3.05, 3.63) is 62.3 Å². The number of ether oxygens (including phenoxy) is 1. The average molecular weight is 417 g/mol. The second kappa shape index (κ2) is 7.38. The minimum atomic E-state index is -0.306. The van der Waals surface area contributed by atoms with E-state index in [1.54, 1.807) is 13.1 Å². The maximum absolute atomic E-state index is 14.3. The van der Waals surface area contributed by atoms with E-state index in [1.165, 1.54) is 6.07 Å². The molecule has 2 aromatic carbocycles. The highest BCUT2D eigenvalue weighted by atomic mass is 79.9. The van der Waals surface area contributed by atoms with Crippen LogP contribution in [0.15, 0.2) is 45.3 Å². The van der Waals surface area contributed by atoms with Crippen LogP contribution in [0.3, 0.4) is 0 Å². The molecule has 0 aliphatic heterocycles. The van der Waals surface area contributed by atoms with Crippen molar-refractivity contribution < 1.29 is 9.13 Å². The molecule has 0 aliphatic carbocycles. The summed E-state index contributed by atoms with van der Waals surface area (Å²) in [6, 6.07) is 10.4.